The van der Waals surface area contributed by atoms with Crippen molar-refractivity contribution in [1.82, 2.24) is 4.90 Å². The minimum Gasteiger partial charge on any atom is -0.324 e. The van der Waals surface area contributed by atoms with Crippen molar-refractivity contribution >= 4 is 11.4 Å². The summed E-state index contributed by atoms with van der Waals surface area (Å²) >= 11 is 0. The summed E-state index contributed by atoms with van der Waals surface area (Å²) in [7, 11) is 2.00. The molecular weight excluding hydrogens is 244 g/mol. The Morgan fingerprint density at radius 3 is 2.58 bits per heavy atom. The third-order valence-electron chi connectivity index (χ3n) is 3.76. The van der Waals surface area contributed by atoms with Crippen LogP contribution >= 0.6 is 0 Å². The number of nitrogens with one attached hydrogen (secondary N) is 1. The van der Waals surface area contributed by atoms with Gasteiger partial charge in [-0.15, -0.1) is 0 Å². The fourth-order valence-corrected chi connectivity index (χ4v) is 1.70. The number of non-ortho nitro benzene ring substituents is 1. The number of nitrogens with zero attached hydrogens (tertiary/aromatic N) is 2. The number of nitro benzene ring substituents is 1. The molecule has 0 atom stereocenters. The van der Waals surface area contributed by atoms with E-state index in [1.54, 1.807) is 12.1 Å². The lowest BCUT2D eigenvalue weighted by molar-refractivity contribution is -0.384. The van der Waals surface area contributed by atoms with Gasteiger partial charge in [0.05, 0.1) is 10.6 Å². The van der Waals surface area contributed by atoms with Gasteiger partial charge in [0.1, 0.15) is 0 Å². The minimum absolute atomic E-state index is 0.0243. The average Bonchev–Trinajstić information content (AvgIpc) is 2.38. The van der Waals surface area contributed by atoms with Gasteiger partial charge in [0, 0.05) is 24.2 Å². The van der Waals surface area contributed by atoms with Crippen molar-refractivity contribution in [3.05, 3.63) is 33.9 Å². The Labute approximate surface area is 113 Å². The number of nitrogen functional groups attached to an aromatic ring is 1. The fraction of sp³-hybridized carbons (Fsp3) is 0.538. The van der Waals surface area contributed by atoms with Gasteiger partial charge < -0.3 is 5.43 Å². The van der Waals surface area contributed by atoms with Gasteiger partial charge in [-0.05, 0) is 38.9 Å². The molecule has 6 nitrogen and oxygen atoms in total. The van der Waals surface area contributed by atoms with Gasteiger partial charge in [0.25, 0.3) is 5.69 Å². The van der Waals surface area contributed by atoms with Crippen LogP contribution in [0.25, 0.3) is 0 Å². The predicted octanol–water partition coefficient (Wildman–Crippen LogP) is 2.50. The van der Waals surface area contributed by atoms with E-state index < -0.39 is 4.92 Å². The van der Waals surface area contributed by atoms with Crippen LogP contribution in [0.15, 0.2) is 18.2 Å². The molecule has 0 spiro atoms. The minimum atomic E-state index is -0.394. The van der Waals surface area contributed by atoms with Crippen LogP contribution in [0.5, 0.6) is 0 Å². The highest BCUT2D eigenvalue weighted by molar-refractivity contribution is 5.55. The fourth-order valence-electron chi connectivity index (χ4n) is 1.70. The highest BCUT2D eigenvalue weighted by atomic mass is 16.6. The van der Waals surface area contributed by atoms with Gasteiger partial charge >= 0.3 is 0 Å². The number of nitrogens with two attached hydrogens (primary N) is 1. The van der Waals surface area contributed by atoms with E-state index >= 15 is 0 Å². The van der Waals surface area contributed by atoms with E-state index in [0.29, 0.717) is 12.2 Å². The van der Waals surface area contributed by atoms with Gasteiger partial charge in [-0.2, -0.15) is 0 Å². The second-order valence-electron chi connectivity index (χ2n) is 5.26. The van der Waals surface area contributed by atoms with Crippen LogP contribution in [-0.4, -0.2) is 22.4 Å². The molecule has 106 valence electrons. The molecule has 0 fully saturated rings. The highest BCUT2D eigenvalue weighted by Gasteiger charge is 2.22. The first-order chi connectivity index (χ1) is 8.81. The third-order valence-corrected chi connectivity index (χ3v) is 3.76. The first kappa shape index (κ1) is 15.4. The second-order valence-corrected chi connectivity index (χ2v) is 5.26. The van der Waals surface area contributed by atoms with Crippen molar-refractivity contribution in [2.45, 2.75) is 39.3 Å². The van der Waals surface area contributed by atoms with Crippen molar-refractivity contribution in [2.24, 2.45) is 5.84 Å². The number of rotatable bonds is 6. The molecule has 0 saturated heterocycles. The highest BCUT2D eigenvalue weighted by Crippen LogP contribution is 2.26. The molecule has 1 aromatic carbocycles. The molecule has 6 heteroatoms. The van der Waals surface area contributed by atoms with E-state index in [-0.39, 0.29) is 11.2 Å². The largest absolute Gasteiger partial charge is 0.324 e. The van der Waals surface area contributed by atoms with Crippen LogP contribution < -0.4 is 11.3 Å². The second kappa shape index (κ2) is 5.99. The van der Waals surface area contributed by atoms with E-state index in [0.717, 1.165) is 12.0 Å². The van der Waals surface area contributed by atoms with E-state index in [1.165, 1.54) is 6.07 Å². The first-order valence-corrected chi connectivity index (χ1v) is 6.27. The molecule has 19 heavy (non-hydrogen) atoms. The smallest absolute Gasteiger partial charge is 0.269 e. The maximum absolute atomic E-state index is 10.8. The van der Waals surface area contributed by atoms with Gasteiger partial charge in [0.15, 0.2) is 0 Å². The van der Waals surface area contributed by atoms with E-state index in [4.69, 9.17) is 5.84 Å². The van der Waals surface area contributed by atoms with Crippen LogP contribution in [0, 0.1) is 10.1 Å². The summed E-state index contributed by atoms with van der Waals surface area (Å²) in [5, 5.41) is 10.8. The normalized spacial score (nSPS) is 11.7. The molecule has 1 rings (SSSR count). The van der Waals surface area contributed by atoms with Gasteiger partial charge in [-0.1, -0.05) is 6.92 Å². The molecule has 3 N–H and O–H groups in total. The molecule has 1 aromatic rings. The molecule has 0 aliphatic rings. The Bertz CT molecular complexity index is 460. The topological polar surface area (TPSA) is 84.4 Å². The lowest BCUT2D eigenvalue weighted by atomic mass is 9.99. The average molecular weight is 266 g/mol. The maximum atomic E-state index is 10.8. The Hall–Kier alpha value is -1.66. The van der Waals surface area contributed by atoms with E-state index in [1.807, 2.05) is 7.05 Å². The monoisotopic (exact) mass is 266 g/mol. The molecule has 0 amide bonds. The number of nitro groups is 1. The molecule has 0 aromatic heterocycles. The van der Waals surface area contributed by atoms with E-state index in [2.05, 4.69) is 31.1 Å². The van der Waals surface area contributed by atoms with Crippen LogP contribution in [-0.2, 0) is 6.54 Å². The number of hydrogen-bond donors (Lipinski definition) is 2. The molecule has 0 saturated carbocycles. The number of benzene rings is 1. The molecule has 0 aliphatic carbocycles. The van der Waals surface area contributed by atoms with Gasteiger partial charge in [-0.25, -0.2) is 0 Å². The molecular formula is C13H22N4O2. The number of hydrazine groups is 1. The summed E-state index contributed by atoms with van der Waals surface area (Å²) in [6.45, 7) is 6.99. The zero-order chi connectivity index (χ0) is 14.6. The predicted molar refractivity (Wildman–Crippen MR) is 76.7 cm³/mol. The van der Waals surface area contributed by atoms with Crippen LogP contribution in [0.2, 0.25) is 0 Å². The van der Waals surface area contributed by atoms with Crippen LogP contribution in [0.3, 0.4) is 0 Å². The van der Waals surface area contributed by atoms with Gasteiger partial charge in [0.2, 0.25) is 0 Å². The number of hydrogen-bond acceptors (Lipinski definition) is 5. The summed E-state index contributed by atoms with van der Waals surface area (Å²) in [5.41, 5.74) is 4.22. The summed E-state index contributed by atoms with van der Waals surface area (Å²) in [4.78, 5) is 12.6. The molecule has 0 aliphatic heterocycles. The van der Waals surface area contributed by atoms with Gasteiger partial charge in [-0.3, -0.25) is 20.9 Å². The molecule has 0 heterocycles. The van der Waals surface area contributed by atoms with E-state index in [9.17, 15) is 10.1 Å². The van der Waals surface area contributed by atoms with Crippen molar-refractivity contribution in [3.8, 4) is 0 Å². The summed E-state index contributed by atoms with van der Waals surface area (Å²) in [6, 6.07) is 4.65. The number of anilines is 1. The maximum Gasteiger partial charge on any atom is 0.269 e. The molecule has 0 unspecified atom stereocenters. The molecule has 0 radical (unpaired) electrons. The Balaban J connectivity index is 3.04. The summed E-state index contributed by atoms with van der Waals surface area (Å²) in [6.07, 6.45) is 0.990. The first-order valence-electron chi connectivity index (χ1n) is 6.27. The standard InChI is InChI=1S/C13H22N4O2/c1-5-13(2,3)16(4)9-10-8-11(17(18)19)6-7-12(10)15-14/h6-8,15H,5,9,14H2,1-4H3. The van der Waals surface area contributed by atoms with Crippen molar-refractivity contribution in [1.29, 1.82) is 0 Å². The van der Waals surface area contributed by atoms with Crippen molar-refractivity contribution in [2.75, 3.05) is 12.5 Å². The van der Waals surface area contributed by atoms with Crippen LogP contribution in [0.4, 0.5) is 11.4 Å². The third kappa shape index (κ3) is 3.65. The Kier molecular flexibility index (Phi) is 4.85. The quantitative estimate of drug-likeness (QED) is 0.469. The Morgan fingerprint density at radius 1 is 1.47 bits per heavy atom. The SMILES string of the molecule is CCC(C)(C)N(C)Cc1cc([N+](=O)[O-])ccc1NN. The summed E-state index contributed by atoms with van der Waals surface area (Å²) < 4.78 is 0. The van der Waals surface area contributed by atoms with Crippen molar-refractivity contribution in [3.63, 3.8) is 0 Å². The molecule has 0 bridgehead atoms. The Morgan fingerprint density at radius 2 is 2.11 bits per heavy atom. The zero-order valence-electron chi connectivity index (χ0n) is 11.9. The summed E-state index contributed by atoms with van der Waals surface area (Å²) in [5.74, 6) is 5.46. The lowest BCUT2D eigenvalue weighted by Gasteiger charge is -2.35. The van der Waals surface area contributed by atoms with Crippen LogP contribution in [0.1, 0.15) is 32.8 Å². The van der Waals surface area contributed by atoms with Crippen molar-refractivity contribution < 1.29 is 4.92 Å². The zero-order valence-corrected chi connectivity index (χ0v) is 11.9. The lowest BCUT2D eigenvalue weighted by Crippen LogP contribution is -2.40.